The van der Waals surface area contributed by atoms with Gasteiger partial charge in [0.25, 0.3) is 0 Å². The zero-order valence-corrected chi connectivity index (χ0v) is 15.7. The van der Waals surface area contributed by atoms with Gasteiger partial charge in [0.15, 0.2) is 11.5 Å². The molecule has 1 N–H and O–H groups in total. The van der Waals surface area contributed by atoms with Crippen LogP contribution in [0.5, 0.6) is 17.2 Å². The number of halogens is 1. The molecule has 0 amide bonds. The number of nitriles is 1. The second kappa shape index (κ2) is 7.29. The quantitative estimate of drug-likeness (QED) is 0.403. The van der Waals surface area contributed by atoms with Gasteiger partial charge in [-0.15, -0.1) is 0 Å². The number of ether oxygens (including phenoxy) is 3. The lowest BCUT2D eigenvalue weighted by atomic mass is 10.0. The van der Waals surface area contributed by atoms with Crippen LogP contribution in [0.25, 0.3) is 17.0 Å². The van der Waals surface area contributed by atoms with Crippen molar-refractivity contribution < 1.29 is 19.0 Å². The molecule has 140 valence electrons. The van der Waals surface area contributed by atoms with Crippen LogP contribution in [0.4, 0.5) is 0 Å². The summed E-state index contributed by atoms with van der Waals surface area (Å²) >= 11 is 5.99. The number of hydrogen-bond donors (Lipinski definition) is 1. The van der Waals surface area contributed by atoms with Crippen molar-refractivity contribution in [3.8, 4) is 23.3 Å². The van der Waals surface area contributed by atoms with Crippen molar-refractivity contribution in [2.45, 2.75) is 0 Å². The van der Waals surface area contributed by atoms with Crippen LogP contribution in [0.3, 0.4) is 0 Å². The van der Waals surface area contributed by atoms with Crippen LogP contribution in [-0.2, 0) is 0 Å². The summed E-state index contributed by atoms with van der Waals surface area (Å²) in [5.41, 5.74) is 1.74. The largest absolute Gasteiger partial charge is 0.493 e. The fourth-order valence-corrected chi connectivity index (χ4v) is 3.30. The highest BCUT2D eigenvalue weighted by molar-refractivity contribution is 6.31. The minimum Gasteiger partial charge on any atom is -0.493 e. The maximum absolute atomic E-state index is 13.0. The van der Waals surface area contributed by atoms with E-state index in [-0.39, 0.29) is 11.4 Å². The van der Waals surface area contributed by atoms with E-state index in [1.807, 2.05) is 6.07 Å². The SMILES string of the molecule is COc1cc(/C=C(\C#N)C(=O)c2c[nH]c3cc(Cl)ccc23)cc2c1OCCO2. The Morgan fingerprint density at radius 3 is 2.89 bits per heavy atom. The fraction of sp³-hybridized carbons (Fsp3) is 0.143. The lowest BCUT2D eigenvalue weighted by molar-refractivity contribution is 0.104. The molecule has 2 aromatic carbocycles. The van der Waals surface area contributed by atoms with Crippen LogP contribution in [0.15, 0.2) is 42.1 Å². The fourth-order valence-electron chi connectivity index (χ4n) is 3.12. The predicted molar refractivity (Wildman–Crippen MR) is 105 cm³/mol. The van der Waals surface area contributed by atoms with Gasteiger partial charge in [-0.25, -0.2) is 0 Å². The molecule has 3 aromatic rings. The summed E-state index contributed by atoms with van der Waals surface area (Å²) in [4.78, 5) is 16.0. The molecular weight excluding hydrogens is 380 g/mol. The van der Waals surface area contributed by atoms with Gasteiger partial charge in [0, 0.05) is 27.7 Å². The maximum Gasteiger partial charge on any atom is 0.205 e. The van der Waals surface area contributed by atoms with Crippen molar-refractivity contribution in [3.05, 3.63) is 58.3 Å². The van der Waals surface area contributed by atoms with E-state index >= 15 is 0 Å². The average Bonchev–Trinajstić information content (AvgIpc) is 3.13. The summed E-state index contributed by atoms with van der Waals surface area (Å²) in [5, 5.41) is 10.8. The summed E-state index contributed by atoms with van der Waals surface area (Å²) in [6.45, 7) is 0.857. The molecule has 0 saturated heterocycles. The normalized spacial score (nSPS) is 13.2. The number of rotatable bonds is 4. The summed E-state index contributed by atoms with van der Waals surface area (Å²) in [5.74, 6) is 1.13. The number of methoxy groups -OCH3 is 1. The molecule has 0 atom stereocenters. The van der Waals surface area contributed by atoms with Crippen LogP contribution in [-0.4, -0.2) is 31.1 Å². The number of ketones is 1. The Morgan fingerprint density at radius 2 is 2.11 bits per heavy atom. The first kappa shape index (κ1) is 18.0. The Hall–Kier alpha value is -3.43. The van der Waals surface area contributed by atoms with Crippen molar-refractivity contribution in [2.75, 3.05) is 20.3 Å². The molecule has 2 heterocycles. The molecule has 0 bridgehead atoms. The molecule has 0 spiro atoms. The molecule has 1 aliphatic heterocycles. The summed E-state index contributed by atoms with van der Waals surface area (Å²) in [6, 6.07) is 10.6. The third-order valence-electron chi connectivity index (χ3n) is 4.41. The van der Waals surface area contributed by atoms with E-state index in [4.69, 9.17) is 25.8 Å². The molecule has 0 unspecified atom stereocenters. The number of nitrogens with zero attached hydrogens (tertiary/aromatic N) is 1. The van der Waals surface area contributed by atoms with Gasteiger partial charge in [-0.1, -0.05) is 17.7 Å². The van der Waals surface area contributed by atoms with E-state index < -0.39 is 0 Å². The molecule has 6 nitrogen and oxygen atoms in total. The zero-order chi connectivity index (χ0) is 19.7. The third kappa shape index (κ3) is 3.17. The first-order valence-corrected chi connectivity index (χ1v) is 8.89. The number of fused-ring (bicyclic) bond motifs is 2. The Morgan fingerprint density at radius 1 is 1.29 bits per heavy atom. The molecular formula is C21H15ClN2O4. The zero-order valence-electron chi connectivity index (χ0n) is 14.9. The van der Waals surface area contributed by atoms with E-state index in [0.717, 1.165) is 5.52 Å². The van der Waals surface area contributed by atoms with Gasteiger partial charge in [-0.3, -0.25) is 4.79 Å². The van der Waals surface area contributed by atoms with Gasteiger partial charge < -0.3 is 19.2 Å². The lowest BCUT2D eigenvalue weighted by Crippen LogP contribution is -2.16. The summed E-state index contributed by atoms with van der Waals surface area (Å²) < 4.78 is 16.5. The average molecular weight is 395 g/mol. The number of allylic oxidation sites excluding steroid dienone is 1. The van der Waals surface area contributed by atoms with Gasteiger partial charge in [0.1, 0.15) is 24.9 Å². The number of carbonyl (C=O) groups is 1. The highest BCUT2D eigenvalue weighted by Gasteiger charge is 2.20. The van der Waals surface area contributed by atoms with E-state index in [9.17, 15) is 10.1 Å². The molecule has 1 aromatic heterocycles. The molecule has 0 radical (unpaired) electrons. The number of Topliss-reactive ketones (excluding diaryl/α,β-unsaturated/α-hetero) is 1. The summed E-state index contributed by atoms with van der Waals surface area (Å²) in [7, 11) is 1.52. The van der Waals surface area contributed by atoms with Crippen LogP contribution >= 0.6 is 11.6 Å². The predicted octanol–water partition coefficient (Wildman–Crippen LogP) is 4.39. The number of carbonyl (C=O) groups excluding carboxylic acids is 1. The van der Waals surface area contributed by atoms with Gasteiger partial charge in [-0.2, -0.15) is 5.26 Å². The highest BCUT2D eigenvalue weighted by atomic mass is 35.5. The molecule has 0 aliphatic carbocycles. The second-order valence-corrected chi connectivity index (χ2v) is 6.57. The molecule has 7 heteroatoms. The lowest BCUT2D eigenvalue weighted by Gasteiger charge is -2.21. The van der Waals surface area contributed by atoms with Gasteiger partial charge in [-0.05, 0) is 35.9 Å². The van der Waals surface area contributed by atoms with Crippen LogP contribution in [0.1, 0.15) is 15.9 Å². The number of benzene rings is 2. The second-order valence-electron chi connectivity index (χ2n) is 6.14. The molecule has 28 heavy (non-hydrogen) atoms. The number of aromatic amines is 1. The number of H-pyrrole nitrogens is 1. The third-order valence-corrected chi connectivity index (χ3v) is 4.65. The van der Waals surface area contributed by atoms with E-state index in [2.05, 4.69) is 4.98 Å². The number of nitrogens with one attached hydrogen (secondary N) is 1. The van der Waals surface area contributed by atoms with E-state index in [1.54, 1.807) is 36.5 Å². The van der Waals surface area contributed by atoms with Gasteiger partial charge >= 0.3 is 0 Å². The molecule has 1 aliphatic rings. The van der Waals surface area contributed by atoms with Crippen molar-refractivity contribution >= 4 is 34.4 Å². The topological polar surface area (TPSA) is 84.3 Å². The Bertz CT molecular complexity index is 1140. The first-order chi connectivity index (χ1) is 13.6. The highest BCUT2D eigenvalue weighted by Crippen LogP contribution is 2.41. The Balaban J connectivity index is 1.75. The van der Waals surface area contributed by atoms with Crippen molar-refractivity contribution in [1.29, 1.82) is 5.26 Å². The van der Waals surface area contributed by atoms with Gasteiger partial charge in [0.2, 0.25) is 11.5 Å². The van der Waals surface area contributed by atoms with Crippen molar-refractivity contribution in [1.82, 2.24) is 4.98 Å². The van der Waals surface area contributed by atoms with Crippen LogP contribution < -0.4 is 14.2 Å². The van der Waals surface area contributed by atoms with E-state index in [0.29, 0.717) is 52.0 Å². The standard InChI is InChI=1S/C21H15ClN2O4/c1-26-18-7-12(8-19-21(18)28-5-4-27-19)6-13(10-23)20(25)16-11-24-17-9-14(22)2-3-15(16)17/h2-3,6-9,11,24H,4-5H2,1H3/b13-6+. The van der Waals surface area contributed by atoms with Crippen molar-refractivity contribution in [3.63, 3.8) is 0 Å². The van der Waals surface area contributed by atoms with Crippen molar-refractivity contribution in [2.24, 2.45) is 0 Å². The Labute approximate surface area is 165 Å². The monoisotopic (exact) mass is 394 g/mol. The van der Waals surface area contributed by atoms with Crippen LogP contribution in [0, 0.1) is 11.3 Å². The minimum absolute atomic E-state index is 0.00502. The molecule has 4 rings (SSSR count). The smallest absolute Gasteiger partial charge is 0.205 e. The van der Waals surface area contributed by atoms with Crippen LogP contribution in [0.2, 0.25) is 5.02 Å². The number of hydrogen-bond acceptors (Lipinski definition) is 5. The summed E-state index contributed by atoms with van der Waals surface area (Å²) in [6.07, 6.45) is 3.09. The minimum atomic E-state index is -0.384. The molecule has 0 fully saturated rings. The first-order valence-electron chi connectivity index (χ1n) is 8.51. The molecule has 0 saturated carbocycles. The van der Waals surface area contributed by atoms with E-state index in [1.165, 1.54) is 13.2 Å². The Kier molecular flexibility index (Phi) is 4.68. The number of aromatic nitrogens is 1. The van der Waals surface area contributed by atoms with Gasteiger partial charge in [0.05, 0.1) is 7.11 Å². The maximum atomic E-state index is 13.0.